The number of hydrogen-bond acceptors (Lipinski definition) is 1. The van der Waals surface area contributed by atoms with Gasteiger partial charge in [0.2, 0.25) is 8.32 Å². The minimum Gasteiger partial charge on any atom is -0.549 e. The molecular formula is C10H22OSi. The van der Waals surface area contributed by atoms with Crippen molar-refractivity contribution in [1.29, 1.82) is 0 Å². The normalized spacial score (nSPS) is 12.6. The number of rotatable bonds is 2. The van der Waals surface area contributed by atoms with E-state index in [2.05, 4.69) is 47.7 Å². The van der Waals surface area contributed by atoms with Gasteiger partial charge in [-0.05, 0) is 37.6 Å². The van der Waals surface area contributed by atoms with Gasteiger partial charge in [-0.15, -0.1) is 0 Å². The zero-order valence-electron chi connectivity index (χ0n) is 9.49. The van der Waals surface area contributed by atoms with Crippen molar-refractivity contribution in [2.24, 2.45) is 0 Å². The molecule has 0 N–H and O–H groups in total. The smallest absolute Gasteiger partial charge is 0.249 e. The van der Waals surface area contributed by atoms with Crippen LogP contribution in [0.2, 0.25) is 18.1 Å². The molecule has 2 heteroatoms. The Labute approximate surface area is 78.0 Å². The summed E-state index contributed by atoms with van der Waals surface area (Å²) in [6.07, 6.45) is 1.90. The van der Waals surface area contributed by atoms with Crippen molar-refractivity contribution in [2.45, 2.75) is 52.8 Å². The molecule has 0 heterocycles. The summed E-state index contributed by atoms with van der Waals surface area (Å²) in [4.78, 5) is 0. The van der Waals surface area contributed by atoms with Gasteiger partial charge in [0.25, 0.3) is 0 Å². The number of allylic oxidation sites excluding steroid dienone is 1. The van der Waals surface area contributed by atoms with Crippen LogP contribution in [-0.2, 0) is 4.43 Å². The molecule has 0 aliphatic heterocycles. The minimum atomic E-state index is -1.54. The van der Waals surface area contributed by atoms with Crippen LogP contribution in [0.15, 0.2) is 11.8 Å². The maximum Gasteiger partial charge on any atom is 0.249 e. The molecule has 0 amide bonds. The molecule has 0 aromatic rings. The van der Waals surface area contributed by atoms with Crippen LogP contribution in [-0.4, -0.2) is 8.32 Å². The summed E-state index contributed by atoms with van der Waals surface area (Å²) in [6, 6.07) is 0. The summed E-state index contributed by atoms with van der Waals surface area (Å²) in [5.41, 5.74) is 1.24. The minimum absolute atomic E-state index is 0.305. The maximum atomic E-state index is 5.83. The van der Waals surface area contributed by atoms with E-state index in [0.717, 1.165) is 0 Å². The van der Waals surface area contributed by atoms with E-state index in [4.69, 9.17) is 4.43 Å². The van der Waals surface area contributed by atoms with Crippen LogP contribution in [0.4, 0.5) is 0 Å². The lowest BCUT2D eigenvalue weighted by molar-refractivity contribution is 0.426. The van der Waals surface area contributed by atoms with Crippen molar-refractivity contribution in [2.75, 3.05) is 0 Å². The fourth-order valence-corrected chi connectivity index (χ4v) is 1.33. The largest absolute Gasteiger partial charge is 0.549 e. The fourth-order valence-electron chi connectivity index (χ4n) is 0.442. The van der Waals surface area contributed by atoms with Gasteiger partial charge in [-0.1, -0.05) is 20.8 Å². The Kier molecular flexibility index (Phi) is 3.57. The Hall–Kier alpha value is -0.243. The average molecular weight is 186 g/mol. The third kappa shape index (κ3) is 3.44. The zero-order valence-corrected chi connectivity index (χ0v) is 10.5. The van der Waals surface area contributed by atoms with Gasteiger partial charge in [0.15, 0.2) is 0 Å². The molecule has 0 aromatic heterocycles. The Balaban J connectivity index is 4.34. The molecule has 0 aliphatic rings. The molecule has 0 unspecified atom stereocenters. The second kappa shape index (κ2) is 3.65. The van der Waals surface area contributed by atoms with Gasteiger partial charge in [0.1, 0.15) is 0 Å². The zero-order chi connectivity index (χ0) is 9.99. The maximum absolute atomic E-state index is 5.83. The molecule has 0 aromatic carbocycles. The number of hydrogen-bond donors (Lipinski definition) is 0. The highest BCUT2D eigenvalue weighted by atomic mass is 28.4. The Morgan fingerprint density at radius 2 is 1.58 bits per heavy atom. The van der Waals surface area contributed by atoms with Crippen LogP contribution in [0, 0.1) is 0 Å². The highest BCUT2D eigenvalue weighted by Gasteiger charge is 2.37. The first kappa shape index (κ1) is 11.8. The molecule has 12 heavy (non-hydrogen) atoms. The van der Waals surface area contributed by atoms with E-state index >= 15 is 0 Å². The third-order valence-electron chi connectivity index (χ3n) is 2.40. The summed E-state index contributed by atoms with van der Waals surface area (Å²) >= 11 is 0. The monoisotopic (exact) mass is 186 g/mol. The summed E-state index contributed by atoms with van der Waals surface area (Å²) in [6.45, 7) is 15.4. The van der Waals surface area contributed by atoms with Gasteiger partial charge in [-0.3, -0.25) is 0 Å². The van der Waals surface area contributed by atoms with E-state index in [9.17, 15) is 0 Å². The van der Waals surface area contributed by atoms with Crippen molar-refractivity contribution in [3.05, 3.63) is 11.8 Å². The first-order chi connectivity index (χ1) is 5.17. The van der Waals surface area contributed by atoms with E-state index in [1.54, 1.807) is 0 Å². The lowest BCUT2D eigenvalue weighted by atomic mass is 10.2. The van der Waals surface area contributed by atoms with Crippen LogP contribution < -0.4 is 0 Å². The quantitative estimate of drug-likeness (QED) is 0.469. The molecular weight excluding hydrogens is 164 g/mol. The van der Waals surface area contributed by atoms with Gasteiger partial charge in [0, 0.05) is 0 Å². The van der Waals surface area contributed by atoms with Crippen LogP contribution >= 0.6 is 0 Å². The van der Waals surface area contributed by atoms with Crippen LogP contribution in [0.25, 0.3) is 0 Å². The van der Waals surface area contributed by atoms with Gasteiger partial charge in [-0.25, -0.2) is 0 Å². The molecule has 1 nitrogen and oxygen atoms in total. The van der Waals surface area contributed by atoms with E-state index in [-0.39, 0.29) is 0 Å². The van der Waals surface area contributed by atoms with Crippen LogP contribution in [0.1, 0.15) is 34.6 Å². The van der Waals surface area contributed by atoms with Gasteiger partial charge < -0.3 is 4.43 Å². The predicted octanol–water partition coefficient (Wildman–Crippen LogP) is 3.93. The molecule has 0 spiro atoms. The molecule has 0 rings (SSSR count). The van der Waals surface area contributed by atoms with Crippen molar-refractivity contribution >= 4 is 8.32 Å². The first-order valence-electron chi connectivity index (χ1n) is 4.48. The molecule has 72 valence electrons. The molecule has 0 atom stereocenters. The Morgan fingerprint density at radius 3 is 1.83 bits per heavy atom. The lowest BCUT2D eigenvalue weighted by Gasteiger charge is -2.35. The SMILES string of the molecule is CC(C)=CO[Si](C)(C)C(C)(C)C. The topological polar surface area (TPSA) is 9.23 Å². The second-order valence-corrected chi connectivity index (χ2v) is 9.83. The Morgan fingerprint density at radius 1 is 1.17 bits per heavy atom. The average Bonchev–Trinajstić information content (AvgIpc) is 1.81. The summed E-state index contributed by atoms with van der Waals surface area (Å²) in [5.74, 6) is 0. The van der Waals surface area contributed by atoms with Crippen LogP contribution in [0.5, 0.6) is 0 Å². The molecule has 0 bridgehead atoms. The molecule has 0 aliphatic carbocycles. The lowest BCUT2D eigenvalue weighted by Crippen LogP contribution is -2.39. The highest BCUT2D eigenvalue weighted by molar-refractivity contribution is 6.74. The third-order valence-corrected chi connectivity index (χ3v) is 6.71. The van der Waals surface area contributed by atoms with Crippen LogP contribution in [0.3, 0.4) is 0 Å². The van der Waals surface area contributed by atoms with Crippen molar-refractivity contribution in [1.82, 2.24) is 0 Å². The van der Waals surface area contributed by atoms with E-state index in [1.165, 1.54) is 5.57 Å². The van der Waals surface area contributed by atoms with E-state index in [0.29, 0.717) is 5.04 Å². The highest BCUT2D eigenvalue weighted by Crippen LogP contribution is 2.36. The molecule has 0 saturated heterocycles. The van der Waals surface area contributed by atoms with Gasteiger partial charge in [0.05, 0.1) is 6.26 Å². The first-order valence-corrected chi connectivity index (χ1v) is 7.39. The van der Waals surface area contributed by atoms with Gasteiger partial charge in [-0.2, -0.15) is 0 Å². The fraction of sp³-hybridized carbons (Fsp3) is 0.800. The van der Waals surface area contributed by atoms with E-state index < -0.39 is 8.32 Å². The summed E-state index contributed by atoms with van der Waals surface area (Å²) in [5, 5.41) is 0.305. The van der Waals surface area contributed by atoms with Crippen molar-refractivity contribution < 1.29 is 4.43 Å². The van der Waals surface area contributed by atoms with Gasteiger partial charge >= 0.3 is 0 Å². The van der Waals surface area contributed by atoms with Crippen molar-refractivity contribution in [3.8, 4) is 0 Å². The summed E-state index contributed by atoms with van der Waals surface area (Å²) in [7, 11) is -1.54. The predicted molar refractivity (Wildman–Crippen MR) is 57.7 cm³/mol. The van der Waals surface area contributed by atoms with E-state index in [1.807, 2.05) is 6.26 Å². The van der Waals surface area contributed by atoms with Crippen molar-refractivity contribution in [3.63, 3.8) is 0 Å². The Bertz CT molecular complexity index is 171. The summed E-state index contributed by atoms with van der Waals surface area (Å²) < 4.78 is 5.83. The standard InChI is InChI=1S/C10H22OSi/c1-9(2)8-11-12(6,7)10(3,4)5/h8H,1-7H3. The molecule has 0 radical (unpaired) electrons. The second-order valence-electron chi connectivity index (χ2n) is 5.07. The molecule has 0 saturated carbocycles. The molecule has 0 fully saturated rings.